The first-order valence-corrected chi connectivity index (χ1v) is 12.5. The van der Waals surface area contributed by atoms with E-state index in [1.54, 1.807) is 7.05 Å². The van der Waals surface area contributed by atoms with Crippen LogP contribution >= 0.6 is 0 Å². The molecule has 0 bridgehead atoms. The van der Waals surface area contributed by atoms with Crippen LogP contribution in [0.25, 0.3) is 0 Å². The highest BCUT2D eigenvalue weighted by Crippen LogP contribution is 2.39. The average Bonchev–Trinajstić information content (AvgIpc) is 3.08. The Morgan fingerprint density at radius 1 is 1.03 bits per heavy atom. The Morgan fingerprint density at radius 2 is 1.56 bits per heavy atom. The molecule has 0 unspecified atom stereocenters. The maximum absolute atomic E-state index is 13.5. The summed E-state index contributed by atoms with van der Waals surface area (Å²) < 4.78 is 3.87. The molecule has 0 aliphatic heterocycles. The lowest BCUT2D eigenvalue weighted by Gasteiger charge is -2.28. The molecule has 1 heterocycles. The Balaban J connectivity index is 2.50. The topological polar surface area (TPSA) is 79.8 Å². The summed E-state index contributed by atoms with van der Waals surface area (Å²) in [5.74, 6) is 0.841. The summed E-state index contributed by atoms with van der Waals surface area (Å²) >= 11 is 0. The number of Topliss-reactive ketones (excluding diaryl/α,β-unsaturated/α-hetero) is 1. The first-order chi connectivity index (χ1) is 15.8. The van der Waals surface area contributed by atoms with E-state index in [0.29, 0.717) is 17.1 Å². The van der Waals surface area contributed by atoms with Crippen molar-refractivity contribution in [2.75, 3.05) is 7.05 Å². The molecular formula is C28H45N3O3. The van der Waals surface area contributed by atoms with Gasteiger partial charge in [-0.2, -0.15) is 0 Å². The second kappa shape index (κ2) is 10.9. The zero-order valence-corrected chi connectivity index (χ0v) is 22.7. The van der Waals surface area contributed by atoms with Crippen molar-refractivity contribution in [3.8, 4) is 5.75 Å². The zero-order valence-electron chi connectivity index (χ0n) is 22.7. The Bertz CT molecular complexity index is 1020. The number of rotatable bonds is 9. The number of phenolic OH excluding ortho intramolecular Hbond substituents is 1. The molecule has 0 aliphatic rings. The summed E-state index contributed by atoms with van der Waals surface area (Å²) in [6.07, 6.45) is 5.09. The van der Waals surface area contributed by atoms with Crippen LogP contribution in [0.5, 0.6) is 5.75 Å². The molecule has 0 saturated heterocycles. The fraction of sp³-hybridized carbons (Fsp3) is 0.643. The number of benzene rings is 1. The van der Waals surface area contributed by atoms with Crippen molar-refractivity contribution in [3.63, 3.8) is 0 Å². The van der Waals surface area contributed by atoms with Crippen LogP contribution in [0.15, 0.2) is 23.3 Å². The molecule has 1 aromatic heterocycles. The van der Waals surface area contributed by atoms with Gasteiger partial charge in [0.2, 0.25) is 5.62 Å². The summed E-state index contributed by atoms with van der Waals surface area (Å²) in [5, 5.41) is 21.0. The van der Waals surface area contributed by atoms with Crippen LogP contribution in [-0.4, -0.2) is 32.2 Å². The second-order valence-corrected chi connectivity index (χ2v) is 11.4. The summed E-state index contributed by atoms with van der Waals surface area (Å²) in [6, 6.07) is 3.65. The number of nitrogens with zero attached hydrogens (tertiary/aromatic N) is 3. The van der Waals surface area contributed by atoms with Gasteiger partial charge < -0.3 is 19.3 Å². The predicted molar refractivity (Wildman–Crippen MR) is 138 cm³/mol. The van der Waals surface area contributed by atoms with Gasteiger partial charge in [0.25, 0.3) is 0 Å². The van der Waals surface area contributed by atoms with Gasteiger partial charge in [-0.3, -0.25) is 9.79 Å². The fourth-order valence-electron chi connectivity index (χ4n) is 4.52. The van der Waals surface area contributed by atoms with Gasteiger partial charge in [-0.1, -0.05) is 68.2 Å². The van der Waals surface area contributed by atoms with Crippen LogP contribution in [0, 0.1) is 5.92 Å². The molecule has 0 radical (unpaired) electrons. The standard InChI is InChI=1S/C28H45N3O3/c1-10-19(11-2)12-13-31-21(18-32)16-30(26(31)29-9)17-24(33)20-14-22(27(3,4)5)25(34)23(15-20)28(6,7)8/h14-16,19,32,34H,10-13,17-18H2,1-9H3. The van der Waals surface area contributed by atoms with Crippen LogP contribution < -0.4 is 5.62 Å². The molecule has 6 heteroatoms. The lowest BCUT2D eigenvalue weighted by molar-refractivity contribution is 0.0970. The van der Waals surface area contributed by atoms with Crippen molar-refractivity contribution in [3.05, 3.63) is 46.3 Å². The number of phenols is 1. The van der Waals surface area contributed by atoms with Crippen molar-refractivity contribution in [2.24, 2.45) is 10.9 Å². The third-order valence-electron chi connectivity index (χ3n) is 6.79. The maximum atomic E-state index is 13.5. The minimum Gasteiger partial charge on any atom is -0.507 e. The largest absolute Gasteiger partial charge is 0.507 e. The van der Waals surface area contributed by atoms with E-state index >= 15 is 0 Å². The first-order valence-electron chi connectivity index (χ1n) is 12.5. The number of aromatic nitrogens is 2. The summed E-state index contributed by atoms with van der Waals surface area (Å²) in [7, 11) is 1.72. The molecule has 190 valence electrons. The normalized spacial score (nSPS) is 13.2. The van der Waals surface area contributed by atoms with Crippen molar-refractivity contribution >= 4 is 5.78 Å². The number of hydrogen-bond donors (Lipinski definition) is 2. The SMILES string of the molecule is CCC(CC)CCn1c(CO)cn(CC(=O)c2cc(C(C)(C)C)c(O)c(C(C)(C)C)c2)c1=NC. The van der Waals surface area contributed by atoms with Gasteiger partial charge in [0, 0.05) is 36.5 Å². The van der Waals surface area contributed by atoms with Gasteiger partial charge in [-0.05, 0) is 35.3 Å². The molecule has 2 rings (SSSR count). The molecule has 1 aromatic carbocycles. The lowest BCUT2D eigenvalue weighted by atomic mass is 9.78. The van der Waals surface area contributed by atoms with Gasteiger partial charge in [-0.25, -0.2) is 0 Å². The highest BCUT2D eigenvalue weighted by atomic mass is 16.3. The van der Waals surface area contributed by atoms with E-state index in [4.69, 9.17) is 0 Å². The third kappa shape index (κ3) is 6.21. The molecule has 0 amide bonds. The number of aliphatic hydroxyl groups excluding tert-OH is 1. The lowest BCUT2D eigenvalue weighted by Crippen LogP contribution is -2.30. The number of carbonyl (C=O) groups is 1. The summed E-state index contributed by atoms with van der Waals surface area (Å²) in [6.45, 7) is 17.4. The molecule has 0 spiro atoms. The van der Waals surface area contributed by atoms with Crippen LogP contribution in [0.3, 0.4) is 0 Å². The molecule has 2 N–H and O–H groups in total. The summed E-state index contributed by atoms with van der Waals surface area (Å²) in [4.78, 5) is 18.0. The van der Waals surface area contributed by atoms with Crippen LogP contribution in [0.1, 0.15) is 102 Å². The maximum Gasteiger partial charge on any atom is 0.205 e. The number of imidazole rings is 1. The molecule has 2 aromatic rings. The molecular weight excluding hydrogens is 426 g/mol. The van der Waals surface area contributed by atoms with Crippen molar-refractivity contribution in [1.29, 1.82) is 0 Å². The average molecular weight is 472 g/mol. The Kier molecular flexibility index (Phi) is 8.98. The van der Waals surface area contributed by atoms with Crippen LogP contribution in [0.2, 0.25) is 0 Å². The van der Waals surface area contributed by atoms with Gasteiger partial charge >= 0.3 is 0 Å². The number of carbonyl (C=O) groups excluding carboxylic acids is 1. The Hall–Kier alpha value is -2.34. The highest BCUT2D eigenvalue weighted by molar-refractivity contribution is 5.96. The number of ketones is 1. The molecule has 0 atom stereocenters. The van der Waals surface area contributed by atoms with E-state index in [9.17, 15) is 15.0 Å². The van der Waals surface area contributed by atoms with Crippen LogP contribution in [0.4, 0.5) is 0 Å². The summed E-state index contributed by atoms with van der Waals surface area (Å²) in [5.41, 5.74) is 2.96. The van der Waals surface area contributed by atoms with Gasteiger partial charge in [-0.15, -0.1) is 0 Å². The number of aliphatic hydroxyl groups is 1. The smallest absolute Gasteiger partial charge is 0.205 e. The van der Waals surface area contributed by atoms with Crippen LogP contribution in [-0.2, 0) is 30.5 Å². The van der Waals surface area contributed by atoms with E-state index in [2.05, 4.69) is 18.8 Å². The number of hydrogen-bond acceptors (Lipinski definition) is 4. The molecule has 0 fully saturated rings. The molecule has 34 heavy (non-hydrogen) atoms. The Labute approximate surface area is 205 Å². The van der Waals surface area contributed by atoms with E-state index in [-0.39, 0.29) is 35.5 Å². The van der Waals surface area contributed by atoms with Crippen molar-refractivity contribution in [1.82, 2.24) is 9.13 Å². The van der Waals surface area contributed by atoms with Gasteiger partial charge in [0.05, 0.1) is 18.8 Å². The minimum atomic E-state index is -0.306. The second-order valence-electron chi connectivity index (χ2n) is 11.4. The molecule has 0 saturated carbocycles. The first kappa shape index (κ1) is 27.9. The van der Waals surface area contributed by atoms with E-state index in [1.165, 1.54) is 0 Å². The van der Waals surface area contributed by atoms with E-state index in [0.717, 1.165) is 42.6 Å². The Morgan fingerprint density at radius 3 is 1.97 bits per heavy atom. The van der Waals surface area contributed by atoms with Crippen molar-refractivity contribution in [2.45, 2.75) is 105 Å². The highest BCUT2D eigenvalue weighted by Gasteiger charge is 2.28. The monoisotopic (exact) mass is 471 g/mol. The van der Waals surface area contributed by atoms with E-state index in [1.807, 2.05) is 69.0 Å². The minimum absolute atomic E-state index is 0.0486. The zero-order chi connectivity index (χ0) is 25.8. The van der Waals surface area contributed by atoms with Gasteiger partial charge in [0.15, 0.2) is 5.78 Å². The molecule has 6 nitrogen and oxygen atoms in total. The fourth-order valence-corrected chi connectivity index (χ4v) is 4.52. The number of aromatic hydroxyl groups is 1. The third-order valence-corrected chi connectivity index (χ3v) is 6.79. The quantitative estimate of drug-likeness (QED) is 0.486. The molecule has 0 aliphatic carbocycles. The van der Waals surface area contributed by atoms with E-state index < -0.39 is 0 Å². The van der Waals surface area contributed by atoms with Crippen molar-refractivity contribution < 1.29 is 15.0 Å². The predicted octanol–water partition coefficient (Wildman–Crippen LogP) is 5.32. The van der Waals surface area contributed by atoms with Gasteiger partial charge in [0.1, 0.15) is 5.75 Å².